The fraction of sp³-hybridized carbons (Fsp3) is 0.500. The lowest BCUT2D eigenvalue weighted by molar-refractivity contribution is -0.120. The van der Waals surface area contributed by atoms with Crippen LogP contribution in [0.1, 0.15) is 44.7 Å². The highest BCUT2D eigenvalue weighted by atomic mass is 16.6. The highest BCUT2D eigenvalue weighted by molar-refractivity contribution is 5.97. The molecule has 1 aromatic rings. The number of nitrogens with zero attached hydrogens (tertiary/aromatic N) is 1. The number of anilines is 1. The Hall–Kier alpha value is -2.30. The van der Waals surface area contributed by atoms with Gasteiger partial charge in [0.2, 0.25) is 5.91 Å². The highest BCUT2D eigenvalue weighted by Gasteiger charge is 2.36. The Morgan fingerprint density at radius 1 is 1.40 bits per heavy atom. The van der Waals surface area contributed by atoms with Crippen LogP contribution >= 0.6 is 0 Å². The van der Waals surface area contributed by atoms with Gasteiger partial charge >= 0.3 is 6.09 Å². The van der Waals surface area contributed by atoms with Gasteiger partial charge < -0.3 is 10.1 Å². The molecule has 0 bridgehead atoms. The molecule has 1 saturated heterocycles. The number of benzene rings is 1. The minimum Gasteiger partial charge on any atom is -0.444 e. The number of likely N-dealkylation sites (tertiary alicyclic amines) is 1. The molecule has 2 rings (SSSR count). The minimum absolute atomic E-state index is 0.167. The van der Waals surface area contributed by atoms with Gasteiger partial charge in [0, 0.05) is 12.2 Å². The van der Waals surface area contributed by atoms with Crippen molar-refractivity contribution in [1.82, 2.24) is 4.90 Å². The third kappa shape index (κ3) is 5.08. The lowest BCUT2D eigenvalue weighted by atomic mass is 10.1. The first kappa shape index (κ1) is 19.0. The van der Waals surface area contributed by atoms with Crippen LogP contribution in [0.3, 0.4) is 0 Å². The van der Waals surface area contributed by atoms with Crippen LogP contribution in [0, 0.1) is 6.92 Å². The van der Waals surface area contributed by atoms with Gasteiger partial charge in [0.15, 0.2) is 0 Å². The second-order valence-corrected chi connectivity index (χ2v) is 7.47. The Bertz CT molecular complexity index is 661. The molecule has 0 radical (unpaired) electrons. The summed E-state index contributed by atoms with van der Waals surface area (Å²) in [5, 5.41) is 2.99. The number of aryl methyl sites for hydroxylation is 1. The van der Waals surface area contributed by atoms with Gasteiger partial charge in [-0.1, -0.05) is 18.2 Å². The van der Waals surface area contributed by atoms with E-state index in [1.165, 1.54) is 4.90 Å². The zero-order valence-electron chi connectivity index (χ0n) is 15.6. The third-order valence-electron chi connectivity index (χ3n) is 4.07. The van der Waals surface area contributed by atoms with Crippen molar-refractivity contribution in [2.75, 3.05) is 11.9 Å². The lowest BCUT2D eigenvalue weighted by Crippen LogP contribution is -2.45. The summed E-state index contributed by atoms with van der Waals surface area (Å²) in [5.41, 5.74) is 2.28. The van der Waals surface area contributed by atoms with Gasteiger partial charge in [-0.25, -0.2) is 4.79 Å². The Kier molecular flexibility index (Phi) is 5.88. The number of nitrogens with one attached hydrogen (secondary N) is 1. The number of amides is 2. The summed E-state index contributed by atoms with van der Waals surface area (Å²) in [6, 6.07) is 5.46. The van der Waals surface area contributed by atoms with Crippen molar-refractivity contribution in [3.05, 3.63) is 42.0 Å². The molecule has 1 aromatic carbocycles. The molecule has 0 aromatic heterocycles. The van der Waals surface area contributed by atoms with Crippen molar-refractivity contribution in [2.24, 2.45) is 0 Å². The smallest absolute Gasteiger partial charge is 0.410 e. The van der Waals surface area contributed by atoms with Crippen LogP contribution < -0.4 is 5.32 Å². The molecule has 0 saturated carbocycles. The van der Waals surface area contributed by atoms with Crippen LogP contribution in [0.15, 0.2) is 30.9 Å². The first-order valence-electron chi connectivity index (χ1n) is 8.72. The van der Waals surface area contributed by atoms with Crippen molar-refractivity contribution in [1.29, 1.82) is 0 Å². The van der Waals surface area contributed by atoms with E-state index >= 15 is 0 Å². The van der Waals surface area contributed by atoms with Gasteiger partial charge in [-0.3, -0.25) is 9.69 Å². The largest absolute Gasteiger partial charge is 0.444 e. The molecule has 1 aliphatic heterocycles. The van der Waals surface area contributed by atoms with E-state index in [4.69, 9.17) is 4.74 Å². The average Bonchev–Trinajstić information content (AvgIpc) is 2.98. The van der Waals surface area contributed by atoms with E-state index in [0.717, 1.165) is 23.2 Å². The highest BCUT2D eigenvalue weighted by Crippen LogP contribution is 2.24. The van der Waals surface area contributed by atoms with Gasteiger partial charge in [0.25, 0.3) is 0 Å². The number of ether oxygens (including phenoxy) is 1. The monoisotopic (exact) mass is 344 g/mol. The fourth-order valence-electron chi connectivity index (χ4n) is 2.93. The van der Waals surface area contributed by atoms with E-state index in [1.54, 1.807) is 0 Å². The number of carbonyl (C=O) groups is 2. The summed E-state index contributed by atoms with van der Waals surface area (Å²) in [7, 11) is 0. The Balaban J connectivity index is 2.13. The second kappa shape index (κ2) is 7.72. The van der Waals surface area contributed by atoms with E-state index in [0.29, 0.717) is 19.4 Å². The summed E-state index contributed by atoms with van der Waals surface area (Å²) in [4.78, 5) is 26.7. The zero-order valence-corrected chi connectivity index (χ0v) is 15.6. The molecule has 1 fully saturated rings. The minimum atomic E-state index is -0.575. The van der Waals surface area contributed by atoms with Crippen LogP contribution in [-0.2, 0) is 16.0 Å². The van der Waals surface area contributed by atoms with Crippen LogP contribution in [0.5, 0.6) is 0 Å². The lowest BCUT2D eigenvalue weighted by Gasteiger charge is -2.28. The average molecular weight is 344 g/mol. The number of carbonyl (C=O) groups excluding carboxylic acids is 2. The molecule has 5 heteroatoms. The molecule has 1 heterocycles. The quantitative estimate of drug-likeness (QED) is 0.838. The van der Waals surface area contributed by atoms with Crippen LogP contribution in [0.4, 0.5) is 10.5 Å². The summed E-state index contributed by atoms with van der Waals surface area (Å²) >= 11 is 0. The molecule has 25 heavy (non-hydrogen) atoms. The van der Waals surface area contributed by atoms with Crippen LogP contribution in [0.25, 0.3) is 0 Å². The normalized spacial score (nSPS) is 17.3. The van der Waals surface area contributed by atoms with Crippen molar-refractivity contribution in [3.63, 3.8) is 0 Å². The zero-order chi connectivity index (χ0) is 18.6. The van der Waals surface area contributed by atoms with Gasteiger partial charge in [-0.05, 0) is 64.2 Å². The van der Waals surface area contributed by atoms with E-state index in [9.17, 15) is 9.59 Å². The predicted molar refractivity (Wildman–Crippen MR) is 99.7 cm³/mol. The second-order valence-electron chi connectivity index (χ2n) is 7.47. The molecular formula is C20H28N2O3. The maximum atomic E-state index is 12.8. The number of rotatable bonds is 4. The first-order valence-corrected chi connectivity index (χ1v) is 8.72. The molecule has 5 nitrogen and oxygen atoms in total. The molecular weight excluding hydrogens is 316 g/mol. The maximum absolute atomic E-state index is 12.8. The summed E-state index contributed by atoms with van der Waals surface area (Å²) in [5.74, 6) is -0.167. The van der Waals surface area contributed by atoms with Crippen molar-refractivity contribution < 1.29 is 14.3 Å². The predicted octanol–water partition coefficient (Wildman–Crippen LogP) is 4.06. The molecule has 1 atom stereocenters. The topological polar surface area (TPSA) is 58.6 Å². The van der Waals surface area contributed by atoms with E-state index < -0.39 is 17.7 Å². The van der Waals surface area contributed by atoms with Crippen LogP contribution in [-0.4, -0.2) is 35.1 Å². The Morgan fingerprint density at radius 2 is 2.12 bits per heavy atom. The molecule has 0 unspecified atom stereocenters. The molecule has 1 aliphatic rings. The van der Waals surface area contributed by atoms with E-state index in [-0.39, 0.29) is 5.91 Å². The molecule has 0 spiro atoms. The van der Waals surface area contributed by atoms with E-state index in [2.05, 4.69) is 11.9 Å². The Labute approximate surface area is 150 Å². The summed E-state index contributed by atoms with van der Waals surface area (Å²) in [6.07, 6.45) is 3.50. The molecule has 0 aliphatic carbocycles. The number of allylic oxidation sites excluding steroid dienone is 1. The molecule has 2 amide bonds. The van der Waals surface area contributed by atoms with Gasteiger partial charge in [-0.15, -0.1) is 6.58 Å². The summed E-state index contributed by atoms with van der Waals surface area (Å²) in [6.45, 7) is 11.8. The van der Waals surface area contributed by atoms with E-state index in [1.807, 2.05) is 52.0 Å². The van der Waals surface area contributed by atoms with Crippen molar-refractivity contribution >= 4 is 17.7 Å². The third-order valence-corrected chi connectivity index (χ3v) is 4.07. The first-order chi connectivity index (χ1) is 11.7. The van der Waals surface area contributed by atoms with Crippen molar-refractivity contribution in [3.8, 4) is 0 Å². The number of hydrogen-bond acceptors (Lipinski definition) is 3. The van der Waals surface area contributed by atoms with Crippen molar-refractivity contribution in [2.45, 2.75) is 58.6 Å². The fourth-order valence-corrected chi connectivity index (χ4v) is 2.93. The summed E-state index contributed by atoms with van der Waals surface area (Å²) < 4.78 is 5.43. The standard InChI is InChI=1S/C20H28N2O3/c1-6-8-15-11-10-14(2)13-16(15)21-18(23)17-9-7-12-22(17)19(24)25-20(3,4)5/h6,10-11,13,17H,1,7-9,12H2,2-5H3,(H,21,23)/t17-/m0/s1. The molecule has 1 N–H and O–H groups in total. The maximum Gasteiger partial charge on any atom is 0.410 e. The van der Waals surface area contributed by atoms with Gasteiger partial charge in [0.1, 0.15) is 11.6 Å². The van der Waals surface area contributed by atoms with Gasteiger partial charge in [0.05, 0.1) is 0 Å². The van der Waals surface area contributed by atoms with Gasteiger partial charge in [-0.2, -0.15) is 0 Å². The molecule has 136 valence electrons. The van der Waals surface area contributed by atoms with Crippen LogP contribution in [0.2, 0.25) is 0 Å². The number of hydrogen-bond donors (Lipinski definition) is 1. The Morgan fingerprint density at radius 3 is 2.76 bits per heavy atom. The SMILES string of the molecule is C=CCc1ccc(C)cc1NC(=O)[C@@H]1CCCN1C(=O)OC(C)(C)C.